The van der Waals surface area contributed by atoms with Crippen molar-refractivity contribution in [1.82, 2.24) is 15.0 Å². The molecule has 1 aliphatic rings. The van der Waals surface area contributed by atoms with Crippen molar-refractivity contribution >= 4 is 0 Å². The molecule has 2 rings (SSSR count). The number of aromatic nitrogens is 2. The van der Waals surface area contributed by atoms with Crippen LogP contribution in [0.5, 0.6) is 0 Å². The standard InChI is InChI=1S/C12H22N4O2/c1-3-16(4-2)8-9(13)11-14-12(18-15-11)10-6-5-7-17-10/h9-10H,3-8,13H2,1-2H3. The smallest absolute Gasteiger partial charge is 0.255 e. The van der Waals surface area contributed by atoms with Crippen LogP contribution in [0.25, 0.3) is 0 Å². The predicted molar refractivity (Wildman–Crippen MR) is 66.9 cm³/mol. The molecule has 1 saturated heterocycles. The minimum atomic E-state index is -0.205. The Kier molecular flexibility index (Phi) is 4.68. The van der Waals surface area contributed by atoms with Crippen LogP contribution in [-0.2, 0) is 4.74 Å². The normalized spacial score (nSPS) is 21.7. The Morgan fingerprint density at radius 1 is 1.44 bits per heavy atom. The Hall–Kier alpha value is -0.980. The molecule has 102 valence electrons. The Morgan fingerprint density at radius 2 is 2.22 bits per heavy atom. The van der Waals surface area contributed by atoms with Gasteiger partial charge >= 0.3 is 0 Å². The predicted octanol–water partition coefficient (Wildman–Crippen LogP) is 1.26. The lowest BCUT2D eigenvalue weighted by atomic mass is 10.2. The molecule has 1 aromatic heterocycles. The third kappa shape index (κ3) is 3.07. The van der Waals surface area contributed by atoms with E-state index in [1.165, 1.54) is 0 Å². The van der Waals surface area contributed by atoms with Crippen molar-refractivity contribution in [3.63, 3.8) is 0 Å². The molecule has 6 heteroatoms. The highest BCUT2D eigenvalue weighted by molar-refractivity contribution is 4.97. The van der Waals surface area contributed by atoms with Gasteiger partial charge in [0.2, 0.25) is 0 Å². The quantitative estimate of drug-likeness (QED) is 0.823. The van der Waals surface area contributed by atoms with Gasteiger partial charge in [0.05, 0.1) is 6.04 Å². The SMILES string of the molecule is CCN(CC)CC(N)c1noc(C2CCCO2)n1. The van der Waals surface area contributed by atoms with Gasteiger partial charge < -0.3 is 19.9 Å². The van der Waals surface area contributed by atoms with Crippen molar-refractivity contribution in [3.8, 4) is 0 Å². The van der Waals surface area contributed by atoms with Crippen LogP contribution < -0.4 is 5.73 Å². The lowest BCUT2D eigenvalue weighted by molar-refractivity contribution is 0.0835. The summed E-state index contributed by atoms with van der Waals surface area (Å²) in [5.74, 6) is 1.14. The van der Waals surface area contributed by atoms with Gasteiger partial charge in [-0.05, 0) is 25.9 Å². The second kappa shape index (κ2) is 6.26. The first-order valence-corrected chi connectivity index (χ1v) is 6.67. The van der Waals surface area contributed by atoms with E-state index in [2.05, 4.69) is 28.9 Å². The van der Waals surface area contributed by atoms with Crippen molar-refractivity contribution in [1.29, 1.82) is 0 Å². The highest BCUT2D eigenvalue weighted by Crippen LogP contribution is 2.27. The number of hydrogen-bond donors (Lipinski definition) is 1. The molecule has 0 saturated carbocycles. The van der Waals surface area contributed by atoms with Crippen LogP contribution in [0.1, 0.15) is 50.6 Å². The van der Waals surface area contributed by atoms with E-state index < -0.39 is 0 Å². The van der Waals surface area contributed by atoms with Gasteiger partial charge in [-0.2, -0.15) is 4.98 Å². The number of ether oxygens (including phenoxy) is 1. The van der Waals surface area contributed by atoms with Crippen LogP contribution >= 0.6 is 0 Å². The summed E-state index contributed by atoms with van der Waals surface area (Å²) in [6.07, 6.45) is 1.97. The second-order valence-electron chi connectivity index (χ2n) is 4.58. The monoisotopic (exact) mass is 254 g/mol. The molecule has 0 spiro atoms. The highest BCUT2D eigenvalue weighted by Gasteiger charge is 2.25. The van der Waals surface area contributed by atoms with Crippen LogP contribution in [0.2, 0.25) is 0 Å². The van der Waals surface area contributed by atoms with Crippen LogP contribution in [0.4, 0.5) is 0 Å². The van der Waals surface area contributed by atoms with Crippen molar-refractivity contribution < 1.29 is 9.26 Å². The fourth-order valence-corrected chi connectivity index (χ4v) is 2.14. The summed E-state index contributed by atoms with van der Waals surface area (Å²) >= 11 is 0. The average Bonchev–Trinajstić information content (AvgIpc) is 3.04. The maximum atomic E-state index is 6.09. The number of likely N-dealkylation sites (N-methyl/N-ethyl adjacent to an activating group) is 1. The van der Waals surface area contributed by atoms with E-state index >= 15 is 0 Å². The van der Waals surface area contributed by atoms with E-state index in [0.717, 1.165) is 39.1 Å². The lowest BCUT2D eigenvalue weighted by Crippen LogP contribution is -2.32. The molecule has 1 fully saturated rings. The molecule has 0 amide bonds. The first kappa shape index (κ1) is 13.5. The molecule has 0 aromatic carbocycles. The van der Waals surface area contributed by atoms with Crippen LogP contribution in [0.15, 0.2) is 4.52 Å². The molecule has 1 aromatic rings. The van der Waals surface area contributed by atoms with Crippen LogP contribution in [0, 0.1) is 0 Å². The second-order valence-corrected chi connectivity index (χ2v) is 4.58. The molecular weight excluding hydrogens is 232 g/mol. The molecule has 0 bridgehead atoms. The molecular formula is C12H22N4O2. The summed E-state index contributed by atoms with van der Waals surface area (Å²) in [6.45, 7) is 7.70. The van der Waals surface area contributed by atoms with Gasteiger partial charge in [-0.15, -0.1) is 0 Å². The third-order valence-electron chi connectivity index (χ3n) is 3.34. The van der Waals surface area contributed by atoms with Crippen molar-refractivity contribution in [2.45, 2.75) is 38.8 Å². The minimum absolute atomic E-state index is 0.0353. The van der Waals surface area contributed by atoms with E-state index in [1.54, 1.807) is 0 Å². The highest BCUT2D eigenvalue weighted by atomic mass is 16.5. The summed E-state index contributed by atoms with van der Waals surface area (Å²) in [4.78, 5) is 6.60. The minimum Gasteiger partial charge on any atom is -0.368 e. The maximum Gasteiger partial charge on any atom is 0.255 e. The van der Waals surface area contributed by atoms with Gasteiger partial charge in [-0.3, -0.25) is 0 Å². The molecule has 2 unspecified atom stereocenters. The molecule has 0 aliphatic carbocycles. The van der Waals surface area contributed by atoms with E-state index in [-0.39, 0.29) is 12.1 Å². The third-order valence-corrected chi connectivity index (χ3v) is 3.34. The molecule has 18 heavy (non-hydrogen) atoms. The summed E-state index contributed by atoms with van der Waals surface area (Å²) in [7, 11) is 0. The number of rotatable bonds is 6. The Morgan fingerprint density at radius 3 is 2.83 bits per heavy atom. The summed E-state index contributed by atoms with van der Waals surface area (Å²) in [5.41, 5.74) is 6.09. The maximum absolute atomic E-state index is 6.09. The molecule has 2 N–H and O–H groups in total. The van der Waals surface area contributed by atoms with E-state index in [1.807, 2.05) is 0 Å². The number of nitrogens with zero attached hydrogens (tertiary/aromatic N) is 3. The van der Waals surface area contributed by atoms with Gasteiger partial charge in [0.15, 0.2) is 5.82 Å². The van der Waals surface area contributed by atoms with E-state index in [9.17, 15) is 0 Å². The molecule has 1 aliphatic heterocycles. The summed E-state index contributed by atoms with van der Waals surface area (Å²) < 4.78 is 10.7. The zero-order valence-electron chi connectivity index (χ0n) is 11.1. The Bertz CT molecular complexity index is 359. The van der Waals surface area contributed by atoms with Gasteiger partial charge in [0, 0.05) is 13.2 Å². The van der Waals surface area contributed by atoms with Crippen LogP contribution in [-0.4, -0.2) is 41.3 Å². The summed E-state index contributed by atoms with van der Waals surface area (Å²) in [5, 5.41) is 3.96. The van der Waals surface area contributed by atoms with Gasteiger partial charge in [0.25, 0.3) is 5.89 Å². The van der Waals surface area contributed by atoms with Gasteiger partial charge in [-0.25, -0.2) is 0 Å². The van der Waals surface area contributed by atoms with Gasteiger partial charge in [0.1, 0.15) is 6.10 Å². The first-order chi connectivity index (χ1) is 8.74. The topological polar surface area (TPSA) is 77.4 Å². The number of nitrogens with two attached hydrogens (primary N) is 1. The first-order valence-electron chi connectivity index (χ1n) is 6.67. The lowest BCUT2D eigenvalue weighted by Gasteiger charge is -2.20. The fraction of sp³-hybridized carbons (Fsp3) is 0.833. The Labute approximate surface area is 107 Å². The van der Waals surface area contributed by atoms with Crippen molar-refractivity contribution in [2.75, 3.05) is 26.2 Å². The number of hydrogen-bond acceptors (Lipinski definition) is 6. The average molecular weight is 254 g/mol. The van der Waals surface area contributed by atoms with E-state index in [0.29, 0.717) is 11.7 Å². The fourth-order valence-electron chi connectivity index (χ4n) is 2.14. The van der Waals surface area contributed by atoms with Crippen LogP contribution in [0.3, 0.4) is 0 Å². The summed E-state index contributed by atoms with van der Waals surface area (Å²) in [6, 6.07) is -0.205. The molecule has 2 heterocycles. The zero-order chi connectivity index (χ0) is 13.0. The van der Waals surface area contributed by atoms with Crippen molar-refractivity contribution in [2.24, 2.45) is 5.73 Å². The van der Waals surface area contributed by atoms with Crippen molar-refractivity contribution in [3.05, 3.63) is 11.7 Å². The Balaban J connectivity index is 1.95. The zero-order valence-corrected chi connectivity index (χ0v) is 11.1. The molecule has 6 nitrogen and oxygen atoms in total. The largest absolute Gasteiger partial charge is 0.368 e. The van der Waals surface area contributed by atoms with Gasteiger partial charge in [-0.1, -0.05) is 19.0 Å². The molecule has 2 atom stereocenters. The van der Waals surface area contributed by atoms with E-state index in [4.69, 9.17) is 15.0 Å². The molecule has 0 radical (unpaired) electrons.